The molecule has 1 heterocycles. The van der Waals surface area contributed by atoms with Gasteiger partial charge in [0.15, 0.2) is 5.69 Å². The molecule has 7 nitrogen and oxygen atoms in total. The number of primary amides is 1. The number of amides is 1. The van der Waals surface area contributed by atoms with Crippen molar-refractivity contribution in [2.45, 2.75) is 19.3 Å². The normalized spacial score (nSPS) is 9.83. The van der Waals surface area contributed by atoms with Gasteiger partial charge in [-0.15, -0.1) is 0 Å². The van der Waals surface area contributed by atoms with Gasteiger partial charge in [0.25, 0.3) is 0 Å². The van der Waals surface area contributed by atoms with Crippen molar-refractivity contribution in [3.05, 3.63) is 18.1 Å². The summed E-state index contributed by atoms with van der Waals surface area (Å²) < 4.78 is 4.54. The number of esters is 1. The van der Waals surface area contributed by atoms with Gasteiger partial charge in [-0.05, 0) is 12.8 Å². The van der Waals surface area contributed by atoms with Gasteiger partial charge in [0.2, 0.25) is 5.91 Å². The van der Waals surface area contributed by atoms with Gasteiger partial charge in [0, 0.05) is 13.0 Å². The summed E-state index contributed by atoms with van der Waals surface area (Å²) >= 11 is 0. The highest BCUT2D eigenvalue weighted by atomic mass is 16.5. The van der Waals surface area contributed by atoms with Gasteiger partial charge < -0.3 is 15.8 Å². The van der Waals surface area contributed by atoms with E-state index in [0.29, 0.717) is 25.2 Å². The molecule has 7 heteroatoms. The zero-order valence-corrected chi connectivity index (χ0v) is 10.2. The van der Waals surface area contributed by atoms with Crippen LogP contribution in [0.15, 0.2) is 12.4 Å². The fraction of sp³-hybridized carbons (Fsp3) is 0.455. The van der Waals surface area contributed by atoms with Crippen molar-refractivity contribution in [2.75, 3.05) is 19.0 Å². The Labute approximate surface area is 105 Å². The molecule has 3 N–H and O–H groups in total. The fourth-order valence-electron chi connectivity index (χ4n) is 1.29. The summed E-state index contributed by atoms with van der Waals surface area (Å²) in [4.78, 5) is 29.6. The molecule has 1 aromatic rings. The molecular weight excluding hydrogens is 236 g/mol. The van der Waals surface area contributed by atoms with Crippen LogP contribution in [0.2, 0.25) is 0 Å². The van der Waals surface area contributed by atoms with E-state index in [1.54, 1.807) is 0 Å². The number of rotatable bonds is 7. The maximum Gasteiger partial charge on any atom is 0.358 e. The minimum absolute atomic E-state index is 0.152. The quantitative estimate of drug-likeness (QED) is 0.535. The van der Waals surface area contributed by atoms with E-state index in [-0.39, 0.29) is 11.6 Å². The number of nitrogens with two attached hydrogens (primary N) is 1. The van der Waals surface area contributed by atoms with E-state index in [1.165, 1.54) is 19.5 Å². The molecule has 0 radical (unpaired) electrons. The number of carbonyl (C=O) groups excluding carboxylic acids is 2. The zero-order chi connectivity index (χ0) is 13.4. The lowest BCUT2D eigenvalue weighted by Gasteiger charge is -2.05. The van der Waals surface area contributed by atoms with E-state index >= 15 is 0 Å². The maximum atomic E-state index is 11.2. The van der Waals surface area contributed by atoms with E-state index in [0.717, 1.165) is 6.42 Å². The zero-order valence-electron chi connectivity index (χ0n) is 10.2. The SMILES string of the molecule is COC(=O)c1cncc(NCCCCC(N)=O)n1. The molecule has 0 aromatic carbocycles. The fourth-order valence-corrected chi connectivity index (χ4v) is 1.29. The number of anilines is 1. The van der Waals surface area contributed by atoms with Crippen molar-refractivity contribution >= 4 is 17.7 Å². The Morgan fingerprint density at radius 1 is 1.39 bits per heavy atom. The van der Waals surface area contributed by atoms with Crippen LogP contribution in [0.3, 0.4) is 0 Å². The number of methoxy groups -OCH3 is 1. The second-order valence-electron chi connectivity index (χ2n) is 3.63. The van der Waals surface area contributed by atoms with Crippen LogP contribution in [-0.2, 0) is 9.53 Å². The summed E-state index contributed by atoms with van der Waals surface area (Å²) in [7, 11) is 1.29. The van der Waals surface area contributed by atoms with Crippen LogP contribution in [0.25, 0.3) is 0 Å². The second kappa shape index (κ2) is 7.21. The van der Waals surface area contributed by atoms with Crippen LogP contribution in [0.5, 0.6) is 0 Å². The molecule has 0 spiro atoms. The van der Waals surface area contributed by atoms with Crippen LogP contribution in [-0.4, -0.2) is 35.5 Å². The van der Waals surface area contributed by atoms with Crippen LogP contribution in [0, 0.1) is 0 Å². The van der Waals surface area contributed by atoms with Gasteiger partial charge in [0.05, 0.1) is 19.5 Å². The molecule has 0 saturated carbocycles. The molecule has 1 rings (SSSR count). The molecule has 0 aliphatic rings. The number of ether oxygens (including phenoxy) is 1. The third kappa shape index (κ3) is 4.77. The van der Waals surface area contributed by atoms with Crippen molar-refractivity contribution in [1.82, 2.24) is 9.97 Å². The molecule has 0 saturated heterocycles. The average Bonchev–Trinajstić information content (AvgIpc) is 2.37. The predicted octanol–water partition coefficient (Wildman–Crippen LogP) is 0.331. The van der Waals surface area contributed by atoms with E-state index < -0.39 is 5.97 Å². The molecule has 0 aliphatic heterocycles. The number of unbranched alkanes of at least 4 members (excludes halogenated alkanes) is 1. The first-order valence-corrected chi connectivity index (χ1v) is 5.56. The van der Waals surface area contributed by atoms with Crippen LogP contribution >= 0.6 is 0 Å². The first kappa shape index (κ1) is 13.9. The van der Waals surface area contributed by atoms with Crippen molar-refractivity contribution < 1.29 is 14.3 Å². The highest BCUT2D eigenvalue weighted by Gasteiger charge is 2.07. The lowest BCUT2D eigenvalue weighted by Crippen LogP contribution is -2.12. The summed E-state index contributed by atoms with van der Waals surface area (Å²) in [6, 6.07) is 0. The minimum Gasteiger partial charge on any atom is -0.464 e. The highest BCUT2D eigenvalue weighted by Crippen LogP contribution is 2.04. The van der Waals surface area contributed by atoms with Gasteiger partial charge >= 0.3 is 5.97 Å². The third-order valence-electron chi connectivity index (χ3n) is 2.19. The number of nitrogens with zero attached hydrogens (tertiary/aromatic N) is 2. The predicted molar refractivity (Wildman–Crippen MR) is 64.9 cm³/mol. The molecule has 0 unspecified atom stereocenters. The Hall–Kier alpha value is -2.18. The number of carbonyl (C=O) groups is 2. The summed E-state index contributed by atoms with van der Waals surface area (Å²) in [6.07, 6.45) is 4.72. The van der Waals surface area contributed by atoms with Crippen LogP contribution in [0.4, 0.5) is 5.82 Å². The first-order chi connectivity index (χ1) is 8.63. The van der Waals surface area contributed by atoms with E-state index in [2.05, 4.69) is 20.0 Å². The minimum atomic E-state index is -0.528. The van der Waals surface area contributed by atoms with E-state index in [1.807, 2.05) is 0 Å². The maximum absolute atomic E-state index is 11.2. The summed E-state index contributed by atoms with van der Waals surface area (Å²) in [5.41, 5.74) is 5.17. The number of hydrogen-bond donors (Lipinski definition) is 2. The first-order valence-electron chi connectivity index (χ1n) is 5.56. The highest BCUT2D eigenvalue weighted by molar-refractivity contribution is 5.87. The Morgan fingerprint density at radius 2 is 2.17 bits per heavy atom. The number of hydrogen-bond acceptors (Lipinski definition) is 6. The standard InChI is InChI=1S/C11H16N4O3/c1-18-11(17)8-6-13-7-10(15-8)14-5-3-2-4-9(12)16/h6-7H,2-5H2,1H3,(H2,12,16)(H,14,15). The van der Waals surface area contributed by atoms with Crippen molar-refractivity contribution in [1.29, 1.82) is 0 Å². The molecular formula is C11H16N4O3. The Bertz CT molecular complexity index is 423. The summed E-state index contributed by atoms with van der Waals surface area (Å²) in [5.74, 6) is -0.334. The Kier molecular flexibility index (Phi) is 5.56. The molecule has 0 atom stereocenters. The molecule has 1 amide bonds. The van der Waals surface area contributed by atoms with Crippen molar-refractivity contribution in [2.24, 2.45) is 5.73 Å². The van der Waals surface area contributed by atoms with Gasteiger partial charge in [-0.2, -0.15) is 0 Å². The van der Waals surface area contributed by atoms with E-state index in [9.17, 15) is 9.59 Å². The lowest BCUT2D eigenvalue weighted by atomic mass is 10.2. The smallest absolute Gasteiger partial charge is 0.358 e. The Morgan fingerprint density at radius 3 is 2.83 bits per heavy atom. The van der Waals surface area contributed by atoms with Gasteiger partial charge in [-0.25, -0.2) is 9.78 Å². The monoisotopic (exact) mass is 252 g/mol. The Balaban J connectivity index is 2.38. The lowest BCUT2D eigenvalue weighted by molar-refractivity contribution is -0.118. The number of nitrogens with one attached hydrogen (secondary N) is 1. The summed E-state index contributed by atoms with van der Waals surface area (Å²) in [6.45, 7) is 0.632. The molecule has 0 aliphatic carbocycles. The van der Waals surface area contributed by atoms with Gasteiger partial charge in [-0.3, -0.25) is 9.78 Å². The molecule has 1 aromatic heterocycles. The third-order valence-corrected chi connectivity index (χ3v) is 2.19. The molecule has 0 fully saturated rings. The van der Waals surface area contributed by atoms with E-state index in [4.69, 9.17) is 5.73 Å². The van der Waals surface area contributed by atoms with Crippen LogP contribution < -0.4 is 11.1 Å². The molecule has 0 bridgehead atoms. The summed E-state index contributed by atoms with van der Waals surface area (Å²) in [5, 5.41) is 3.00. The molecule has 18 heavy (non-hydrogen) atoms. The van der Waals surface area contributed by atoms with Crippen LogP contribution in [0.1, 0.15) is 29.8 Å². The second-order valence-corrected chi connectivity index (χ2v) is 3.63. The van der Waals surface area contributed by atoms with Gasteiger partial charge in [-0.1, -0.05) is 0 Å². The molecule has 98 valence electrons. The van der Waals surface area contributed by atoms with Crippen molar-refractivity contribution in [3.8, 4) is 0 Å². The van der Waals surface area contributed by atoms with Crippen molar-refractivity contribution in [3.63, 3.8) is 0 Å². The topological polar surface area (TPSA) is 107 Å². The van der Waals surface area contributed by atoms with Gasteiger partial charge in [0.1, 0.15) is 5.82 Å². The number of aromatic nitrogens is 2. The average molecular weight is 252 g/mol. The largest absolute Gasteiger partial charge is 0.464 e.